The monoisotopic (exact) mass is 351 g/mol. The SMILES string of the molecule is N#Cc1ccccc1-n1nc(-c2ncccn2)cc(-c2ccccc2)c1=O. The van der Waals surface area contributed by atoms with E-state index in [0.717, 1.165) is 5.56 Å². The fourth-order valence-corrected chi connectivity index (χ4v) is 2.78. The summed E-state index contributed by atoms with van der Waals surface area (Å²) < 4.78 is 1.24. The molecule has 0 aliphatic heterocycles. The Bertz CT molecular complexity index is 1190. The van der Waals surface area contributed by atoms with Gasteiger partial charge in [0.2, 0.25) is 0 Å². The van der Waals surface area contributed by atoms with Crippen LogP contribution in [0.2, 0.25) is 0 Å². The molecule has 27 heavy (non-hydrogen) atoms. The quantitative estimate of drug-likeness (QED) is 0.566. The Kier molecular flexibility index (Phi) is 4.25. The van der Waals surface area contributed by atoms with E-state index in [1.54, 1.807) is 48.8 Å². The van der Waals surface area contributed by atoms with Gasteiger partial charge in [-0.1, -0.05) is 42.5 Å². The summed E-state index contributed by atoms with van der Waals surface area (Å²) in [5.41, 5.74) is 2.12. The molecule has 0 radical (unpaired) electrons. The number of hydrogen-bond acceptors (Lipinski definition) is 5. The van der Waals surface area contributed by atoms with Gasteiger partial charge in [-0.05, 0) is 29.8 Å². The molecule has 2 aromatic heterocycles. The minimum atomic E-state index is -0.316. The van der Waals surface area contributed by atoms with Gasteiger partial charge in [0.25, 0.3) is 5.56 Å². The van der Waals surface area contributed by atoms with Crippen molar-refractivity contribution in [2.45, 2.75) is 0 Å². The zero-order chi connectivity index (χ0) is 18.6. The predicted octanol–water partition coefficient (Wildman–Crippen LogP) is 3.23. The van der Waals surface area contributed by atoms with E-state index in [0.29, 0.717) is 28.3 Å². The van der Waals surface area contributed by atoms with Crippen molar-refractivity contribution in [3.8, 4) is 34.4 Å². The van der Waals surface area contributed by atoms with Gasteiger partial charge in [0, 0.05) is 12.4 Å². The van der Waals surface area contributed by atoms with Gasteiger partial charge in [-0.15, -0.1) is 0 Å². The first kappa shape index (κ1) is 16.4. The number of para-hydroxylation sites is 1. The second kappa shape index (κ2) is 7.02. The highest BCUT2D eigenvalue weighted by atomic mass is 16.1. The molecule has 0 unspecified atom stereocenters. The molecule has 0 fully saturated rings. The van der Waals surface area contributed by atoms with Crippen molar-refractivity contribution in [1.82, 2.24) is 19.7 Å². The van der Waals surface area contributed by atoms with Crippen LogP contribution in [0.3, 0.4) is 0 Å². The van der Waals surface area contributed by atoms with Crippen molar-refractivity contribution >= 4 is 0 Å². The zero-order valence-corrected chi connectivity index (χ0v) is 14.1. The molecule has 0 saturated carbocycles. The molecule has 4 rings (SSSR count). The van der Waals surface area contributed by atoms with Crippen LogP contribution in [-0.4, -0.2) is 19.7 Å². The summed E-state index contributed by atoms with van der Waals surface area (Å²) in [6.07, 6.45) is 3.23. The Morgan fingerprint density at radius 1 is 0.889 bits per heavy atom. The van der Waals surface area contributed by atoms with E-state index in [4.69, 9.17) is 0 Å². The first-order valence-corrected chi connectivity index (χ1v) is 8.24. The number of hydrogen-bond donors (Lipinski definition) is 0. The zero-order valence-electron chi connectivity index (χ0n) is 14.1. The van der Waals surface area contributed by atoms with Gasteiger partial charge in [0.1, 0.15) is 11.8 Å². The molecular weight excluding hydrogens is 338 g/mol. The maximum absolute atomic E-state index is 13.2. The molecule has 2 heterocycles. The lowest BCUT2D eigenvalue weighted by molar-refractivity contribution is 0.808. The molecule has 0 amide bonds. The van der Waals surface area contributed by atoms with E-state index < -0.39 is 0 Å². The second-order valence-corrected chi connectivity index (χ2v) is 5.73. The van der Waals surface area contributed by atoms with Crippen LogP contribution in [0.25, 0.3) is 28.3 Å². The minimum Gasteiger partial charge on any atom is -0.267 e. The normalized spacial score (nSPS) is 10.3. The molecular formula is C21H13N5O. The van der Waals surface area contributed by atoms with Crippen LogP contribution in [0.15, 0.2) is 83.9 Å². The molecule has 0 aliphatic rings. The average Bonchev–Trinajstić information content (AvgIpc) is 2.75. The third kappa shape index (κ3) is 3.10. The van der Waals surface area contributed by atoms with Crippen molar-refractivity contribution in [1.29, 1.82) is 5.26 Å². The van der Waals surface area contributed by atoms with Gasteiger partial charge in [-0.25, -0.2) is 9.97 Å². The smallest absolute Gasteiger partial charge is 0.267 e. The topological polar surface area (TPSA) is 84.5 Å². The summed E-state index contributed by atoms with van der Waals surface area (Å²) in [5.74, 6) is 0.401. The lowest BCUT2D eigenvalue weighted by Gasteiger charge is -2.11. The van der Waals surface area contributed by atoms with Crippen LogP contribution < -0.4 is 5.56 Å². The first-order valence-electron chi connectivity index (χ1n) is 8.24. The first-order chi connectivity index (χ1) is 13.3. The fraction of sp³-hybridized carbons (Fsp3) is 0. The van der Waals surface area contributed by atoms with Gasteiger partial charge in [-0.3, -0.25) is 4.79 Å². The van der Waals surface area contributed by atoms with Gasteiger partial charge in [0.15, 0.2) is 5.82 Å². The molecule has 6 nitrogen and oxygen atoms in total. The highest BCUT2D eigenvalue weighted by Gasteiger charge is 2.16. The molecule has 0 bridgehead atoms. The Hall–Kier alpha value is -4.11. The number of rotatable bonds is 3. The van der Waals surface area contributed by atoms with Crippen molar-refractivity contribution in [2.24, 2.45) is 0 Å². The van der Waals surface area contributed by atoms with Crippen LogP contribution in [0.4, 0.5) is 0 Å². The van der Waals surface area contributed by atoms with Gasteiger partial charge >= 0.3 is 0 Å². The summed E-state index contributed by atoms with van der Waals surface area (Å²) in [5, 5.41) is 13.9. The van der Waals surface area contributed by atoms with Crippen LogP contribution in [0, 0.1) is 11.3 Å². The fourth-order valence-electron chi connectivity index (χ4n) is 2.78. The average molecular weight is 351 g/mol. The molecule has 6 heteroatoms. The van der Waals surface area contributed by atoms with Crippen molar-refractivity contribution in [3.05, 3.63) is 95.0 Å². The molecule has 2 aromatic carbocycles. The number of aromatic nitrogens is 4. The Balaban J connectivity index is 2.04. The van der Waals surface area contributed by atoms with E-state index in [1.807, 2.05) is 30.3 Å². The Morgan fingerprint density at radius 3 is 2.33 bits per heavy atom. The van der Waals surface area contributed by atoms with Crippen LogP contribution in [-0.2, 0) is 0 Å². The van der Waals surface area contributed by atoms with Gasteiger partial charge in [-0.2, -0.15) is 15.0 Å². The number of nitriles is 1. The summed E-state index contributed by atoms with van der Waals surface area (Å²) in [6.45, 7) is 0. The van der Waals surface area contributed by atoms with Gasteiger partial charge in [0.05, 0.1) is 16.8 Å². The van der Waals surface area contributed by atoms with E-state index in [9.17, 15) is 10.1 Å². The lowest BCUT2D eigenvalue weighted by Crippen LogP contribution is -2.24. The molecule has 0 N–H and O–H groups in total. The summed E-state index contributed by atoms with van der Waals surface area (Å²) >= 11 is 0. The molecule has 0 aliphatic carbocycles. The number of benzene rings is 2. The molecule has 4 aromatic rings. The molecule has 128 valence electrons. The maximum Gasteiger partial charge on any atom is 0.279 e. The van der Waals surface area contributed by atoms with Crippen LogP contribution >= 0.6 is 0 Å². The number of nitrogens with zero attached hydrogens (tertiary/aromatic N) is 5. The van der Waals surface area contributed by atoms with Crippen molar-refractivity contribution in [3.63, 3.8) is 0 Å². The largest absolute Gasteiger partial charge is 0.279 e. The van der Waals surface area contributed by atoms with Gasteiger partial charge < -0.3 is 0 Å². The van der Waals surface area contributed by atoms with E-state index in [-0.39, 0.29) is 5.56 Å². The minimum absolute atomic E-state index is 0.316. The predicted molar refractivity (Wildman–Crippen MR) is 101 cm³/mol. The summed E-state index contributed by atoms with van der Waals surface area (Å²) in [7, 11) is 0. The molecule has 0 spiro atoms. The van der Waals surface area contributed by atoms with E-state index >= 15 is 0 Å². The summed E-state index contributed by atoms with van der Waals surface area (Å²) in [4.78, 5) is 21.6. The lowest BCUT2D eigenvalue weighted by atomic mass is 10.1. The third-order valence-electron chi connectivity index (χ3n) is 4.04. The van der Waals surface area contributed by atoms with E-state index in [2.05, 4.69) is 21.1 Å². The summed E-state index contributed by atoms with van der Waals surface area (Å²) in [6, 6.07) is 21.7. The van der Waals surface area contributed by atoms with Crippen molar-refractivity contribution in [2.75, 3.05) is 0 Å². The Labute approximate surface area is 155 Å². The highest BCUT2D eigenvalue weighted by Crippen LogP contribution is 2.21. The standard InChI is InChI=1S/C21H13N5O/c22-14-16-9-4-5-10-19(16)26-21(27)17(15-7-2-1-3-8-15)13-18(25-26)20-23-11-6-12-24-20/h1-13H. The van der Waals surface area contributed by atoms with E-state index in [1.165, 1.54) is 4.68 Å². The molecule has 0 saturated heterocycles. The van der Waals surface area contributed by atoms with Crippen molar-refractivity contribution < 1.29 is 0 Å². The third-order valence-corrected chi connectivity index (χ3v) is 4.04. The van der Waals surface area contributed by atoms with Crippen LogP contribution in [0.1, 0.15) is 5.56 Å². The van der Waals surface area contributed by atoms with Crippen LogP contribution in [0.5, 0.6) is 0 Å². The highest BCUT2D eigenvalue weighted by molar-refractivity contribution is 5.67. The molecule has 0 atom stereocenters. The second-order valence-electron chi connectivity index (χ2n) is 5.73. The maximum atomic E-state index is 13.2. The Morgan fingerprint density at radius 2 is 1.59 bits per heavy atom.